The molecule has 3 nitrogen and oxygen atoms in total. The van der Waals surface area contributed by atoms with Gasteiger partial charge in [-0.25, -0.2) is 0 Å². The highest BCUT2D eigenvalue weighted by Gasteiger charge is 2.38. The van der Waals surface area contributed by atoms with Gasteiger partial charge in [-0.15, -0.1) is 0 Å². The first-order valence-electron chi connectivity index (χ1n) is 5.87. The molecule has 0 amide bonds. The Morgan fingerprint density at radius 3 is 2.88 bits per heavy atom. The molecule has 3 heteroatoms. The summed E-state index contributed by atoms with van der Waals surface area (Å²) < 4.78 is 5.53. The molecule has 3 rings (SSSR count). The summed E-state index contributed by atoms with van der Waals surface area (Å²) in [4.78, 5) is 2.52. The van der Waals surface area contributed by atoms with E-state index in [1.165, 1.54) is 11.1 Å². The van der Waals surface area contributed by atoms with Gasteiger partial charge in [-0.2, -0.15) is 0 Å². The molecule has 1 atom stereocenters. The van der Waals surface area contributed by atoms with Crippen LogP contribution >= 0.6 is 0 Å². The zero-order valence-electron chi connectivity index (χ0n) is 9.70. The Bertz CT molecular complexity index is 410. The minimum absolute atomic E-state index is 0.216. The Labute approximate surface area is 96.2 Å². The smallest absolute Gasteiger partial charge is 0.0648 e. The Morgan fingerprint density at radius 1 is 1.31 bits per heavy atom. The molecule has 0 aromatic heterocycles. The van der Waals surface area contributed by atoms with Gasteiger partial charge in [0.25, 0.3) is 0 Å². The van der Waals surface area contributed by atoms with Gasteiger partial charge in [-0.3, -0.25) is 4.90 Å². The van der Waals surface area contributed by atoms with Crippen LogP contribution in [-0.4, -0.2) is 23.7 Å². The van der Waals surface area contributed by atoms with Crippen molar-refractivity contribution in [3.05, 3.63) is 29.3 Å². The minimum Gasteiger partial charge on any atom is -0.399 e. The molecule has 2 N–H and O–H groups in total. The number of rotatable bonds is 1. The van der Waals surface area contributed by atoms with E-state index in [-0.39, 0.29) is 5.54 Å². The van der Waals surface area contributed by atoms with E-state index in [4.69, 9.17) is 10.5 Å². The molecule has 2 aliphatic heterocycles. The third kappa shape index (κ3) is 1.51. The Kier molecular flexibility index (Phi) is 2.19. The molecule has 1 unspecified atom stereocenters. The molecule has 0 aliphatic carbocycles. The fourth-order valence-electron chi connectivity index (χ4n) is 2.70. The molecule has 1 aromatic rings. The van der Waals surface area contributed by atoms with Crippen LogP contribution in [0.5, 0.6) is 0 Å². The van der Waals surface area contributed by atoms with Crippen LogP contribution < -0.4 is 5.73 Å². The van der Waals surface area contributed by atoms with Crippen LogP contribution in [0.2, 0.25) is 0 Å². The molecular weight excluding hydrogens is 200 g/mol. The van der Waals surface area contributed by atoms with E-state index in [0.29, 0.717) is 0 Å². The van der Waals surface area contributed by atoms with Gasteiger partial charge in [0.2, 0.25) is 0 Å². The zero-order valence-corrected chi connectivity index (χ0v) is 9.70. The third-order valence-electron chi connectivity index (χ3n) is 3.91. The van der Waals surface area contributed by atoms with Crippen LogP contribution in [0.15, 0.2) is 18.2 Å². The Morgan fingerprint density at radius 2 is 2.12 bits per heavy atom. The van der Waals surface area contributed by atoms with Crippen LogP contribution in [-0.2, 0) is 17.8 Å². The van der Waals surface area contributed by atoms with Crippen molar-refractivity contribution in [1.29, 1.82) is 0 Å². The number of benzene rings is 1. The van der Waals surface area contributed by atoms with E-state index >= 15 is 0 Å². The van der Waals surface area contributed by atoms with Crippen LogP contribution in [0.25, 0.3) is 0 Å². The first-order valence-corrected chi connectivity index (χ1v) is 5.87. The van der Waals surface area contributed by atoms with Gasteiger partial charge in [0, 0.05) is 30.9 Å². The van der Waals surface area contributed by atoms with Crippen molar-refractivity contribution in [2.45, 2.75) is 32.0 Å². The fourth-order valence-corrected chi connectivity index (χ4v) is 2.70. The normalized spacial score (nSPS) is 29.6. The van der Waals surface area contributed by atoms with Gasteiger partial charge in [0.05, 0.1) is 6.61 Å². The maximum Gasteiger partial charge on any atom is 0.0648 e. The molecule has 0 bridgehead atoms. The number of anilines is 1. The molecule has 0 radical (unpaired) electrons. The van der Waals surface area contributed by atoms with Crippen molar-refractivity contribution in [3.63, 3.8) is 0 Å². The topological polar surface area (TPSA) is 38.5 Å². The summed E-state index contributed by atoms with van der Waals surface area (Å²) in [5, 5.41) is 0. The second-order valence-electron chi connectivity index (χ2n) is 5.18. The summed E-state index contributed by atoms with van der Waals surface area (Å²) >= 11 is 0. The molecule has 0 spiro atoms. The predicted molar refractivity (Wildman–Crippen MR) is 63.9 cm³/mol. The molecule has 16 heavy (non-hydrogen) atoms. The lowest BCUT2D eigenvalue weighted by Crippen LogP contribution is -2.43. The van der Waals surface area contributed by atoms with Crippen LogP contribution in [0.4, 0.5) is 5.69 Å². The summed E-state index contributed by atoms with van der Waals surface area (Å²) in [7, 11) is 0. The number of ether oxygens (including phenoxy) is 1. The lowest BCUT2D eigenvalue weighted by molar-refractivity contribution is 0.0772. The first kappa shape index (κ1) is 10.1. The number of nitrogens with two attached hydrogens (primary N) is 1. The molecule has 1 aromatic carbocycles. The van der Waals surface area contributed by atoms with Gasteiger partial charge in [-0.05, 0) is 36.6 Å². The van der Waals surface area contributed by atoms with E-state index in [9.17, 15) is 0 Å². The van der Waals surface area contributed by atoms with Crippen LogP contribution in [0, 0.1) is 0 Å². The molecule has 0 saturated carbocycles. The fraction of sp³-hybridized carbons (Fsp3) is 0.538. The maximum atomic E-state index is 5.82. The monoisotopic (exact) mass is 218 g/mol. The second kappa shape index (κ2) is 3.47. The van der Waals surface area contributed by atoms with Gasteiger partial charge < -0.3 is 10.5 Å². The van der Waals surface area contributed by atoms with Crippen molar-refractivity contribution >= 4 is 5.69 Å². The number of hydrogen-bond acceptors (Lipinski definition) is 3. The highest BCUT2D eigenvalue weighted by atomic mass is 16.5. The van der Waals surface area contributed by atoms with Crippen LogP contribution in [0.1, 0.15) is 24.5 Å². The van der Waals surface area contributed by atoms with Crippen LogP contribution in [0.3, 0.4) is 0 Å². The Balaban J connectivity index is 1.85. The molecule has 86 valence electrons. The van der Waals surface area contributed by atoms with E-state index in [1.807, 2.05) is 6.07 Å². The highest BCUT2D eigenvalue weighted by molar-refractivity contribution is 5.46. The summed E-state index contributed by atoms with van der Waals surface area (Å²) in [6.07, 6.45) is 1.14. The van der Waals surface area contributed by atoms with E-state index in [1.54, 1.807) is 0 Å². The molecular formula is C13H18N2O. The van der Waals surface area contributed by atoms with Crippen molar-refractivity contribution < 1.29 is 4.74 Å². The molecule has 1 saturated heterocycles. The third-order valence-corrected chi connectivity index (χ3v) is 3.91. The maximum absolute atomic E-state index is 5.82. The van der Waals surface area contributed by atoms with Gasteiger partial charge in [0.15, 0.2) is 0 Å². The Hall–Kier alpha value is -1.06. The zero-order chi connectivity index (χ0) is 11.2. The van der Waals surface area contributed by atoms with Gasteiger partial charge >= 0.3 is 0 Å². The SMILES string of the molecule is CC1(N2Cc3ccc(N)cc3C2)CCOC1. The molecule has 2 heterocycles. The number of nitrogen functional groups attached to an aromatic ring is 1. The lowest BCUT2D eigenvalue weighted by atomic mass is 10.00. The average Bonchev–Trinajstić information content (AvgIpc) is 2.84. The number of hydrogen-bond donors (Lipinski definition) is 1. The standard InChI is InChI=1S/C13H18N2O/c1-13(4-5-16-9-13)15-7-10-2-3-12(14)6-11(10)8-15/h2-3,6H,4-5,7-9,14H2,1H3. The number of nitrogens with zero attached hydrogens (tertiary/aromatic N) is 1. The summed E-state index contributed by atoms with van der Waals surface area (Å²) in [6, 6.07) is 6.26. The van der Waals surface area contributed by atoms with Gasteiger partial charge in [0.1, 0.15) is 0 Å². The highest BCUT2D eigenvalue weighted by Crippen LogP contribution is 2.34. The lowest BCUT2D eigenvalue weighted by Gasteiger charge is -2.33. The average molecular weight is 218 g/mol. The molecule has 2 aliphatic rings. The van der Waals surface area contributed by atoms with Crippen molar-refractivity contribution in [2.24, 2.45) is 0 Å². The predicted octanol–water partition coefficient (Wildman–Crippen LogP) is 1.76. The summed E-state index contributed by atoms with van der Waals surface area (Å²) in [5.74, 6) is 0. The van der Waals surface area contributed by atoms with Crippen molar-refractivity contribution in [3.8, 4) is 0 Å². The van der Waals surface area contributed by atoms with E-state index in [2.05, 4.69) is 24.0 Å². The molecule has 1 fully saturated rings. The second-order valence-corrected chi connectivity index (χ2v) is 5.18. The quantitative estimate of drug-likeness (QED) is 0.730. The largest absolute Gasteiger partial charge is 0.399 e. The number of fused-ring (bicyclic) bond motifs is 1. The summed E-state index contributed by atoms with van der Waals surface area (Å²) in [5.41, 5.74) is 9.71. The first-order chi connectivity index (χ1) is 7.67. The van der Waals surface area contributed by atoms with E-state index in [0.717, 1.165) is 38.4 Å². The summed E-state index contributed by atoms with van der Waals surface area (Å²) in [6.45, 7) is 6.10. The van der Waals surface area contributed by atoms with Gasteiger partial charge in [-0.1, -0.05) is 6.07 Å². The minimum atomic E-state index is 0.216. The van der Waals surface area contributed by atoms with Crippen molar-refractivity contribution in [2.75, 3.05) is 18.9 Å². The van der Waals surface area contributed by atoms with E-state index < -0.39 is 0 Å². The van der Waals surface area contributed by atoms with Crippen molar-refractivity contribution in [1.82, 2.24) is 4.90 Å².